The Balaban J connectivity index is 0.00000312. The van der Waals surface area contributed by atoms with Crippen LogP contribution in [-0.2, 0) is 0 Å². The van der Waals surface area contributed by atoms with E-state index in [1.54, 1.807) is 18.0 Å². The van der Waals surface area contributed by atoms with Gasteiger partial charge in [0.25, 0.3) is 5.91 Å². The lowest BCUT2D eigenvalue weighted by Gasteiger charge is -2.19. The molecule has 0 aliphatic carbocycles. The molecule has 0 aliphatic heterocycles. The quantitative estimate of drug-likeness (QED) is 0.768. The number of nitrogens with two attached hydrogens (primary N) is 1. The second kappa shape index (κ2) is 9.39. The fraction of sp³-hybridized carbons (Fsp3) is 0.278. The van der Waals surface area contributed by atoms with E-state index in [0.717, 1.165) is 11.3 Å². The van der Waals surface area contributed by atoms with E-state index in [0.29, 0.717) is 35.2 Å². The van der Waals surface area contributed by atoms with Crippen LogP contribution in [0.2, 0.25) is 5.02 Å². The van der Waals surface area contributed by atoms with Gasteiger partial charge in [0.1, 0.15) is 18.1 Å². The predicted molar refractivity (Wildman–Crippen MR) is 103 cm³/mol. The van der Waals surface area contributed by atoms with Crippen LogP contribution in [0.4, 0.5) is 5.69 Å². The number of rotatable bonds is 6. The first-order chi connectivity index (χ1) is 11.4. The van der Waals surface area contributed by atoms with Crippen LogP contribution in [0.5, 0.6) is 11.5 Å². The minimum atomic E-state index is -0.207. The van der Waals surface area contributed by atoms with Crippen molar-refractivity contribution in [1.82, 2.24) is 4.90 Å². The van der Waals surface area contributed by atoms with Gasteiger partial charge in [-0.1, -0.05) is 23.7 Å². The number of nitrogen functional groups attached to an aromatic ring is 1. The first kappa shape index (κ1) is 20.9. The number of nitrogens with zero attached hydrogens (tertiary/aromatic N) is 1. The van der Waals surface area contributed by atoms with E-state index in [9.17, 15) is 4.79 Å². The Morgan fingerprint density at radius 2 is 2.00 bits per heavy atom. The third kappa shape index (κ3) is 5.44. The molecule has 0 heterocycles. The number of halogens is 2. The van der Waals surface area contributed by atoms with Gasteiger partial charge in [0.2, 0.25) is 0 Å². The number of hydrogen-bond donors (Lipinski definition) is 1. The molecule has 136 valence electrons. The third-order valence-corrected chi connectivity index (χ3v) is 3.91. The van der Waals surface area contributed by atoms with Crippen LogP contribution in [0.3, 0.4) is 0 Å². The van der Waals surface area contributed by atoms with Crippen molar-refractivity contribution in [1.29, 1.82) is 0 Å². The lowest BCUT2D eigenvalue weighted by atomic mass is 10.1. The Morgan fingerprint density at radius 1 is 1.28 bits per heavy atom. The summed E-state index contributed by atoms with van der Waals surface area (Å²) in [6.45, 7) is 2.81. The first-order valence-electron chi connectivity index (χ1n) is 7.50. The van der Waals surface area contributed by atoms with Gasteiger partial charge < -0.3 is 20.1 Å². The summed E-state index contributed by atoms with van der Waals surface area (Å²) < 4.78 is 10.9. The van der Waals surface area contributed by atoms with Crippen LogP contribution in [0.25, 0.3) is 0 Å². The molecule has 0 radical (unpaired) electrons. The van der Waals surface area contributed by atoms with Crippen molar-refractivity contribution >= 4 is 35.6 Å². The second-order valence-corrected chi connectivity index (χ2v) is 5.87. The van der Waals surface area contributed by atoms with E-state index in [2.05, 4.69) is 0 Å². The molecule has 0 aliphatic rings. The molecule has 2 rings (SSSR count). The van der Waals surface area contributed by atoms with Gasteiger partial charge in [0.15, 0.2) is 0 Å². The normalized spacial score (nSPS) is 9.92. The molecule has 2 N–H and O–H groups in total. The number of aryl methyl sites for hydroxylation is 1. The SMILES string of the molecule is COc1cc(N)c(Cl)cc1C(=O)N(C)CCOc1cccc(C)c1.Cl. The Bertz CT molecular complexity index is 738. The minimum Gasteiger partial charge on any atom is -0.496 e. The van der Waals surface area contributed by atoms with Crippen molar-refractivity contribution in [2.45, 2.75) is 6.92 Å². The maximum Gasteiger partial charge on any atom is 0.257 e. The number of carbonyl (C=O) groups excluding carboxylic acids is 1. The van der Waals surface area contributed by atoms with Gasteiger partial charge in [-0.05, 0) is 30.7 Å². The number of hydrogen-bond acceptors (Lipinski definition) is 4. The molecule has 0 saturated heterocycles. The molecular weight excluding hydrogens is 363 g/mol. The van der Waals surface area contributed by atoms with Crippen LogP contribution in [-0.4, -0.2) is 38.1 Å². The van der Waals surface area contributed by atoms with Gasteiger partial charge in [0.05, 0.1) is 29.9 Å². The van der Waals surface area contributed by atoms with Crippen molar-refractivity contribution < 1.29 is 14.3 Å². The molecule has 0 unspecified atom stereocenters. The van der Waals surface area contributed by atoms with E-state index >= 15 is 0 Å². The smallest absolute Gasteiger partial charge is 0.257 e. The molecule has 0 atom stereocenters. The summed E-state index contributed by atoms with van der Waals surface area (Å²) in [6.07, 6.45) is 0. The molecule has 2 aromatic carbocycles. The van der Waals surface area contributed by atoms with Crippen molar-refractivity contribution in [2.24, 2.45) is 0 Å². The van der Waals surface area contributed by atoms with Crippen LogP contribution in [0, 0.1) is 6.92 Å². The highest BCUT2D eigenvalue weighted by Gasteiger charge is 2.18. The highest BCUT2D eigenvalue weighted by Crippen LogP contribution is 2.29. The molecule has 2 aromatic rings. The van der Waals surface area contributed by atoms with E-state index in [1.165, 1.54) is 13.2 Å². The number of likely N-dealkylation sites (N-methyl/N-ethyl adjacent to an activating group) is 1. The fourth-order valence-electron chi connectivity index (χ4n) is 2.22. The molecular formula is C18H22Cl2N2O3. The summed E-state index contributed by atoms with van der Waals surface area (Å²) in [5, 5.41) is 0.323. The summed E-state index contributed by atoms with van der Waals surface area (Å²) in [5.41, 5.74) is 7.61. The lowest BCUT2D eigenvalue weighted by molar-refractivity contribution is 0.0770. The van der Waals surface area contributed by atoms with Crippen LogP contribution >= 0.6 is 24.0 Å². The number of ether oxygens (including phenoxy) is 2. The van der Waals surface area contributed by atoms with Crippen molar-refractivity contribution in [3.05, 3.63) is 52.5 Å². The maximum atomic E-state index is 12.6. The number of carbonyl (C=O) groups is 1. The minimum absolute atomic E-state index is 0. The van der Waals surface area contributed by atoms with Crippen LogP contribution < -0.4 is 15.2 Å². The molecule has 0 spiro atoms. The summed E-state index contributed by atoms with van der Waals surface area (Å²) in [6, 6.07) is 10.8. The van der Waals surface area contributed by atoms with Gasteiger partial charge in [-0.2, -0.15) is 0 Å². The fourth-order valence-corrected chi connectivity index (χ4v) is 2.38. The molecule has 0 bridgehead atoms. The Labute approximate surface area is 159 Å². The molecule has 25 heavy (non-hydrogen) atoms. The average molecular weight is 385 g/mol. The number of anilines is 1. The molecule has 0 fully saturated rings. The molecule has 5 nitrogen and oxygen atoms in total. The largest absolute Gasteiger partial charge is 0.496 e. The summed E-state index contributed by atoms with van der Waals surface area (Å²) in [7, 11) is 3.19. The monoisotopic (exact) mass is 384 g/mol. The standard InChI is InChI=1S/C18H21ClN2O3.ClH/c1-12-5-4-6-13(9-12)24-8-7-21(2)18(22)14-10-15(19)16(20)11-17(14)23-3;/h4-6,9-11H,7-8,20H2,1-3H3;1H. The van der Waals surface area contributed by atoms with Gasteiger partial charge in [0, 0.05) is 13.1 Å². The summed E-state index contributed by atoms with van der Waals surface area (Å²) >= 11 is 6.01. The maximum absolute atomic E-state index is 12.6. The highest BCUT2D eigenvalue weighted by atomic mass is 35.5. The molecule has 0 saturated carbocycles. The van der Waals surface area contributed by atoms with E-state index in [4.69, 9.17) is 26.8 Å². The van der Waals surface area contributed by atoms with E-state index in [1.807, 2.05) is 31.2 Å². The Hall–Kier alpha value is -2.11. The molecule has 0 aromatic heterocycles. The zero-order valence-electron chi connectivity index (χ0n) is 14.4. The summed E-state index contributed by atoms with van der Waals surface area (Å²) in [5.74, 6) is 0.971. The zero-order valence-corrected chi connectivity index (χ0v) is 16.0. The predicted octanol–water partition coefficient (Wildman–Crippen LogP) is 3.81. The number of amides is 1. The number of methoxy groups -OCH3 is 1. The molecule has 7 heteroatoms. The Morgan fingerprint density at radius 3 is 2.64 bits per heavy atom. The lowest BCUT2D eigenvalue weighted by Crippen LogP contribution is -2.31. The van der Waals surface area contributed by atoms with Crippen molar-refractivity contribution in [2.75, 3.05) is 33.0 Å². The van der Waals surface area contributed by atoms with Gasteiger partial charge in [-0.25, -0.2) is 0 Å². The van der Waals surface area contributed by atoms with Gasteiger partial charge in [-0.3, -0.25) is 4.79 Å². The van der Waals surface area contributed by atoms with Crippen LogP contribution in [0.15, 0.2) is 36.4 Å². The van der Waals surface area contributed by atoms with Crippen LogP contribution in [0.1, 0.15) is 15.9 Å². The van der Waals surface area contributed by atoms with E-state index in [-0.39, 0.29) is 18.3 Å². The van der Waals surface area contributed by atoms with Gasteiger partial charge >= 0.3 is 0 Å². The zero-order chi connectivity index (χ0) is 17.7. The third-order valence-electron chi connectivity index (χ3n) is 3.58. The Kier molecular flexibility index (Phi) is 7.87. The van der Waals surface area contributed by atoms with Crippen molar-refractivity contribution in [3.63, 3.8) is 0 Å². The average Bonchev–Trinajstić information content (AvgIpc) is 2.56. The van der Waals surface area contributed by atoms with Gasteiger partial charge in [-0.15, -0.1) is 12.4 Å². The first-order valence-corrected chi connectivity index (χ1v) is 7.88. The second-order valence-electron chi connectivity index (χ2n) is 5.47. The van der Waals surface area contributed by atoms with E-state index < -0.39 is 0 Å². The topological polar surface area (TPSA) is 64.8 Å². The molecule has 1 amide bonds. The van der Waals surface area contributed by atoms with Crippen molar-refractivity contribution in [3.8, 4) is 11.5 Å². The summed E-state index contributed by atoms with van der Waals surface area (Å²) in [4.78, 5) is 14.1. The highest BCUT2D eigenvalue weighted by molar-refractivity contribution is 6.33. The number of benzene rings is 2.